The van der Waals surface area contributed by atoms with E-state index in [2.05, 4.69) is 39.0 Å². The number of alkyl halides is 7. The van der Waals surface area contributed by atoms with Crippen LogP contribution in [0.4, 0.5) is 41.3 Å². The zero-order valence-corrected chi connectivity index (χ0v) is 26.9. The van der Waals surface area contributed by atoms with Crippen LogP contribution in [0.15, 0.2) is 49.1 Å². The second-order valence-electron chi connectivity index (χ2n) is 11.7. The van der Waals surface area contributed by atoms with Gasteiger partial charge in [-0.25, -0.2) is 33.3 Å². The second-order valence-corrected chi connectivity index (χ2v) is 11.7. The summed E-state index contributed by atoms with van der Waals surface area (Å²) in [5.41, 5.74) is 3.47. The Morgan fingerprint density at radius 1 is 0.961 bits per heavy atom. The van der Waals surface area contributed by atoms with Crippen molar-refractivity contribution in [2.24, 2.45) is 5.92 Å². The standard InChI is InChI=1S/C26H30FN9O.2C2HF3O2/c1-17(2)22-15-34(12-11-33-9-7-20(27)14-33)26(37)36(22)23-8-10-35-25(31-23)21(13-30-35)18-3-5-19(6-4-18)24-28-16-29-32-24;2*3-2(4,5)1(6)7/h3-6,8,10,13,16-17,20,22H,7,9,11-12,14-15H2,1-2H3,(H,28,29,32);2*(H,6,7)/t20-,22+;;/m0../s1. The largest absolute Gasteiger partial charge is 0.490 e. The first-order valence-electron chi connectivity index (χ1n) is 15.2. The Morgan fingerprint density at radius 3 is 2.08 bits per heavy atom. The van der Waals surface area contributed by atoms with E-state index in [0.717, 1.165) is 23.2 Å². The Labute approximate surface area is 284 Å². The Kier molecular flexibility index (Phi) is 11.8. The summed E-state index contributed by atoms with van der Waals surface area (Å²) in [6.07, 6.45) is -5.22. The number of H-pyrrole nitrogens is 1. The minimum Gasteiger partial charge on any atom is -0.475 e. The molecule has 51 heavy (non-hydrogen) atoms. The Hall–Kier alpha value is -5.34. The van der Waals surface area contributed by atoms with E-state index in [1.807, 2.05) is 46.3 Å². The van der Waals surface area contributed by atoms with Crippen LogP contribution in [0.25, 0.3) is 28.2 Å². The molecule has 0 bridgehead atoms. The number of halogens is 7. The number of hydrogen-bond donors (Lipinski definition) is 3. The smallest absolute Gasteiger partial charge is 0.475 e. The summed E-state index contributed by atoms with van der Waals surface area (Å²) in [6, 6.07) is 9.76. The number of carboxylic acids is 2. The Bertz CT molecular complexity index is 1770. The number of fused-ring (bicyclic) bond motifs is 1. The number of anilines is 1. The molecule has 2 aliphatic rings. The predicted molar refractivity (Wildman–Crippen MR) is 165 cm³/mol. The Balaban J connectivity index is 0.000000353. The van der Waals surface area contributed by atoms with E-state index in [1.54, 1.807) is 10.7 Å². The second kappa shape index (κ2) is 15.7. The molecule has 2 atom stereocenters. The first-order valence-corrected chi connectivity index (χ1v) is 15.2. The molecule has 2 amide bonds. The molecular formula is C30H32F7N9O5. The van der Waals surface area contributed by atoms with Crippen LogP contribution in [0.1, 0.15) is 20.3 Å². The molecule has 5 heterocycles. The summed E-state index contributed by atoms with van der Waals surface area (Å²) in [5.74, 6) is -3.94. The number of likely N-dealkylation sites (tertiary alicyclic amines) is 1. The number of amides is 2. The molecule has 0 radical (unpaired) electrons. The highest BCUT2D eigenvalue weighted by Gasteiger charge is 2.41. The summed E-state index contributed by atoms with van der Waals surface area (Å²) in [5, 5.41) is 25.5. The number of nitrogens with one attached hydrogen (secondary N) is 1. The molecule has 2 saturated heterocycles. The fraction of sp³-hybridized carbons (Fsp3) is 0.433. The molecule has 14 nitrogen and oxygen atoms in total. The highest BCUT2D eigenvalue weighted by molar-refractivity contribution is 5.94. The van der Waals surface area contributed by atoms with Gasteiger partial charge in [0.25, 0.3) is 0 Å². The molecule has 0 saturated carbocycles. The number of aromatic nitrogens is 6. The van der Waals surface area contributed by atoms with E-state index >= 15 is 0 Å². The minimum atomic E-state index is -5.08. The van der Waals surface area contributed by atoms with Gasteiger partial charge in [-0.2, -0.15) is 36.5 Å². The lowest BCUT2D eigenvalue weighted by Gasteiger charge is -2.25. The molecule has 4 aromatic rings. The van der Waals surface area contributed by atoms with E-state index in [4.69, 9.17) is 24.8 Å². The lowest BCUT2D eigenvalue weighted by atomic mass is 10.0. The van der Waals surface area contributed by atoms with Crippen molar-refractivity contribution in [1.29, 1.82) is 0 Å². The van der Waals surface area contributed by atoms with Crippen LogP contribution in [0, 0.1) is 5.92 Å². The van der Waals surface area contributed by atoms with E-state index in [1.165, 1.54) is 6.33 Å². The quantitative estimate of drug-likeness (QED) is 0.225. The van der Waals surface area contributed by atoms with Crippen LogP contribution in [0.5, 0.6) is 0 Å². The molecule has 3 aromatic heterocycles. The molecule has 1 aromatic carbocycles. The van der Waals surface area contributed by atoms with Crippen molar-refractivity contribution in [3.05, 3.63) is 49.1 Å². The lowest BCUT2D eigenvalue weighted by molar-refractivity contribution is -0.193. The molecule has 276 valence electrons. The molecule has 6 rings (SSSR count). The molecular weight excluding hydrogens is 699 g/mol. The predicted octanol–water partition coefficient (Wildman–Crippen LogP) is 4.76. The van der Waals surface area contributed by atoms with Gasteiger partial charge in [-0.05, 0) is 24.0 Å². The summed E-state index contributed by atoms with van der Waals surface area (Å²) in [6.45, 7) is 7.37. The number of carbonyl (C=O) groups excluding carboxylic acids is 1. The third-order valence-electron chi connectivity index (χ3n) is 7.86. The first kappa shape index (κ1) is 38.5. The van der Waals surface area contributed by atoms with Crippen LogP contribution >= 0.6 is 0 Å². The lowest BCUT2D eigenvalue weighted by Crippen LogP contribution is -2.39. The number of aliphatic carboxylic acids is 2. The number of rotatable bonds is 7. The van der Waals surface area contributed by atoms with E-state index in [9.17, 15) is 35.5 Å². The van der Waals surface area contributed by atoms with Crippen molar-refractivity contribution in [2.45, 2.75) is 44.8 Å². The van der Waals surface area contributed by atoms with E-state index < -0.39 is 30.5 Å². The molecule has 2 fully saturated rings. The highest BCUT2D eigenvalue weighted by atomic mass is 19.4. The monoisotopic (exact) mass is 731 g/mol. The average Bonchev–Trinajstić information content (AvgIpc) is 3.87. The van der Waals surface area contributed by atoms with Crippen LogP contribution in [-0.4, -0.2) is 125 Å². The molecule has 21 heteroatoms. The van der Waals surface area contributed by atoms with Crippen molar-refractivity contribution in [3.63, 3.8) is 0 Å². The van der Waals surface area contributed by atoms with Gasteiger partial charge in [0.2, 0.25) is 0 Å². The summed E-state index contributed by atoms with van der Waals surface area (Å²) < 4.78 is 78.8. The van der Waals surface area contributed by atoms with Crippen LogP contribution in [0.3, 0.4) is 0 Å². The highest BCUT2D eigenvalue weighted by Crippen LogP contribution is 2.31. The van der Waals surface area contributed by atoms with Gasteiger partial charge in [-0.1, -0.05) is 38.1 Å². The zero-order valence-electron chi connectivity index (χ0n) is 26.9. The SMILES string of the molecule is CC(C)[C@H]1CN(CCN2CC[C@H](F)C2)C(=O)N1c1ccn2ncc(-c3ccc(-c4ncn[nH]4)cc3)c2n1.O=C(O)C(F)(F)F.O=C(O)C(F)(F)F. The van der Waals surface area contributed by atoms with E-state index in [0.29, 0.717) is 49.9 Å². The zero-order chi connectivity index (χ0) is 37.7. The Morgan fingerprint density at radius 2 is 1.57 bits per heavy atom. The molecule has 2 aliphatic heterocycles. The van der Waals surface area contributed by atoms with Crippen molar-refractivity contribution in [3.8, 4) is 22.5 Å². The van der Waals surface area contributed by atoms with Crippen molar-refractivity contribution in [2.75, 3.05) is 37.6 Å². The normalized spacial score (nSPS) is 18.1. The van der Waals surface area contributed by atoms with E-state index in [-0.39, 0.29) is 18.0 Å². The van der Waals surface area contributed by atoms with Gasteiger partial charge in [0.15, 0.2) is 11.5 Å². The van der Waals surface area contributed by atoms with Gasteiger partial charge in [0.1, 0.15) is 18.3 Å². The number of hydrogen-bond acceptors (Lipinski definition) is 8. The molecule has 0 unspecified atom stereocenters. The maximum atomic E-state index is 13.6. The average molecular weight is 732 g/mol. The maximum Gasteiger partial charge on any atom is 0.490 e. The number of nitrogens with zero attached hydrogens (tertiary/aromatic N) is 8. The number of carbonyl (C=O) groups is 3. The summed E-state index contributed by atoms with van der Waals surface area (Å²) in [4.78, 5) is 46.3. The third kappa shape index (κ3) is 9.67. The first-order chi connectivity index (χ1) is 23.9. The maximum absolute atomic E-state index is 13.6. The number of aromatic amines is 1. The molecule has 0 spiro atoms. The minimum absolute atomic E-state index is 0.00233. The summed E-state index contributed by atoms with van der Waals surface area (Å²) in [7, 11) is 0. The van der Waals surface area contributed by atoms with Crippen LogP contribution in [0.2, 0.25) is 0 Å². The van der Waals surface area contributed by atoms with Gasteiger partial charge >= 0.3 is 30.3 Å². The van der Waals surface area contributed by atoms with Gasteiger partial charge in [-0.3, -0.25) is 14.9 Å². The topological polar surface area (TPSA) is 173 Å². The number of urea groups is 1. The fourth-order valence-corrected chi connectivity index (χ4v) is 5.24. The summed E-state index contributed by atoms with van der Waals surface area (Å²) >= 11 is 0. The third-order valence-corrected chi connectivity index (χ3v) is 7.86. The molecule has 0 aliphatic carbocycles. The fourth-order valence-electron chi connectivity index (χ4n) is 5.24. The number of carboxylic acid groups (broad SMARTS) is 2. The van der Waals surface area contributed by atoms with Crippen molar-refractivity contribution in [1.82, 2.24) is 39.6 Å². The van der Waals surface area contributed by atoms with Gasteiger partial charge in [-0.15, -0.1) is 0 Å². The van der Waals surface area contributed by atoms with Crippen molar-refractivity contribution >= 4 is 29.4 Å². The number of benzene rings is 1. The van der Waals surface area contributed by atoms with Gasteiger partial charge in [0.05, 0.1) is 12.2 Å². The van der Waals surface area contributed by atoms with Crippen LogP contribution in [-0.2, 0) is 9.59 Å². The van der Waals surface area contributed by atoms with Gasteiger partial charge < -0.3 is 15.1 Å². The molecule has 3 N–H and O–H groups in total. The van der Waals surface area contributed by atoms with Crippen molar-refractivity contribution < 1.29 is 55.3 Å². The van der Waals surface area contributed by atoms with Gasteiger partial charge in [0, 0.05) is 50.0 Å². The van der Waals surface area contributed by atoms with Crippen LogP contribution < -0.4 is 4.90 Å².